The summed E-state index contributed by atoms with van der Waals surface area (Å²) in [6.45, 7) is 3.51. The lowest BCUT2D eigenvalue weighted by Crippen LogP contribution is -2.44. The molecule has 0 aromatic carbocycles. The largest absolute Gasteiger partial charge is 0.394 e. The summed E-state index contributed by atoms with van der Waals surface area (Å²) < 4.78 is 28.9. The van der Waals surface area contributed by atoms with E-state index in [1.807, 2.05) is 0 Å². The van der Waals surface area contributed by atoms with Gasteiger partial charge >= 0.3 is 0 Å². The molecular formula is C6H15NO4S. The van der Waals surface area contributed by atoms with Crippen LogP contribution in [-0.2, 0) is 10.1 Å². The van der Waals surface area contributed by atoms with Crippen LogP contribution in [0.25, 0.3) is 0 Å². The van der Waals surface area contributed by atoms with Crippen molar-refractivity contribution in [3.63, 3.8) is 0 Å². The smallest absolute Gasteiger partial charge is 0.266 e. The molecule has 0 saturated carbocycles. The minimum Gasteiger partial charge on any atom is -0.394 e. The highest BCUT2D eigenvalue weighted by atomic mass is 32.2. The van der Waals surface area contributed by atoms with Crippen molar-refractivity contribution in [3.05, 3.63) is 0 Å². The maximum absolute atomic E-state index is 10.3. The zero-order valence-electron chi connectivity index (χ0n) is 7.24. The normalized spacial score (nSPS) is 13.3. The molecule has 0 radical (unpaired) electrons. The lowest BCUT2D eigenvalue weighted by molar-refractivity contribution is 0.191. The fourth-order valence-corrected chi connectivity index (χ4v) is 0.934. The molecule has 0 saturated heterocycles. The van der Waals surface area contributed by atoms with Crippen LogP contribution < -0.4 is 5.32 Å². The molecule has 6 heteroatoms. The van der Waals surface area contributed by atoms with Gasteiger partial charge in [0.15, 0.2) is 0 Å². The van der Waals surface area contributed by atoms with Gasteiger partial charge in [0.1, 0.15) is 0 Å². The fraction of sp³-hybridized carbons (Fsp3) is 1.00. The van der Waals surface area contributed by atoms with E-state index in [0.29, 0.717) is 0 Å². The first kappa shape index (κ1) is 11.8. The fourth-order valence-electron chi connectivity index (χ4n) is 0.574. The Labute approximate surface area is 72.5 Å². The topological polar surface area (TPSA) is 86.6 Å². The van der Waals surface area contributed by atoms with Crippen LogP contribution in [0.3, 0.4) is 0 Å². The minimum atomic E-state index is -3.90. The molecule has 12 heavy (non-hydrogen) atoms. The second-order valence-corrected chi connectivity index (χ2v) is 4.83. The highest BCUT2D eigenvalue weighted by Gasteiger charge is 2.15. The minimum absolute atomic E-state index is 0.0848. The molecule has 0 aromatic heterocycles. The molecule has 5 nitrogen and oxygen atoms in total. The van der Waals surface area contributed by atoms with Crippen LogP contribution in [0.5, 0.6) is 0 Å². The van der Waals surface area contributed by atoms with E-state index in [2.05, 4.69) is 5.32 Å². The van der Waals surface area contributed by atoms with Crippen LogP contribution in [0, 0.1) is 0 Å². The predicted octanol–water partition coefficient (Wildman–Crippen LogP) is -0.765. The molecule has 0 amide bonds. The monoisotopic (exact) mass is 197 g/mol. The summed E-state index contributed by atoms with van der Waals surface area (Å²) in [5, 5.41) is 11.5. The van der Waals surface area contributed by atoms with Gasteiger partial charge in [0, 0.05) is 12.1 Å². The number of hydrogen-bond donors (Lipinski definition) is 3. The highest BCUT2D eigenvalue weighted by Crippen LogP contribution is 1.98. The summed E-state index contributed by atoms with van der Waals surface area (Å²) in [5.41, 5.74) is -0.509. The molecule has 3 N–H and O–H groups in total. The maximum atomic E-state index is 10.3. The summed E-state index contributed by atoms with van der Waals surface area (Å²) in [7, 11) is -3.90. The van der Waals surface area contributed by atoms with Crippen molar-refractivity contribution in [1.29, 1.82) is 0 Å². The van der Waals surface area contributed by atoms with Crippen LogP contribution >= 0.6 is 0 Å². The summed E-state index contributed by atoms with van der Waals surface area (Å²) in [6, 6.07) is 0. The first-order chi connectivity index (χ1) is 5.27. The van der Waals surface area contributed by atoms with Gasteiger partial charge in [-0.25, -0.2) is 0 Å². The Morgan fingerprint density at radius 1 is 1.42 bits per heavy atom. The molecule has 0 atom stereocenters. The van der Waals surface area contributed by atoms with Gasteiger partial charge in [-0.2, -0.15) is 8.42 Å². The van der Waals surface area contributed by atoms with Crippen molar-refractivity contribution in [2.45, 2.75) is 19.4 Å². The molecule has 0 fully saturated rings. The first-order valence-electron chi connectivity index (χ1n) is 3.58. The van der Waals surface area contributed by atoms with Crippen LogP contribution in [0.1, 0.15) is 13.8 Å². The van der Waals surface area contributed by atoms with Crippen LogP contribution in [-0.4, -0.2) is 42.5 Å². The van der Waals surface area contributed by atoms with E-state index >= 15 is 0 Å². The van der Waals surface area contributed by atoms with Crippen molar-refractivity contribution in [2.24, 2.45) is 0 Å². The van der Waals surface area contributed by atoms with Crippen LogP contribution in [0.15, 0.2) is 0 Å². The Morgan fingerprint density at radius 3 is 2.25 bits per heavy atom. The lowest BCUT2D eigenvalue weighted by atomic mass is 10.1. The third kappa shape index (κ3) is 6.53. The van der Waals surface area contributed by atoms with E-state index in [4.69, 9.17) is 9.66 Å². The molecule has 0 unspecified atom stereocenters. The van der Waals surface area contributed by atoms with Gasteiger partial charge in [-0.05, 0) is 13.8 Å². The Bertz CT molecular complexity index is 222. The summed E-state index contributed by atoms with van der Waals surface area (Å²) in [6.07, 6.45) is 0. The standard InChI is InChI=1S/C6H15NO4S/c1-6(2,5-8)7-3-4-12(9,10)11/h7-8H,3-5H2,1-2H3,(H,9,10,11). The third-order valence-corrected chi connectivity index (χ3v) is 2.08. The van der Waals surface area contributed by atoms with Gasteiger partial charge in [-0.15, -0.1) is 0 Å². The number of hydrogen-bond acceptors (Lipinski definition) is 4. The Kier molecular flexibility index (Phi) is 4.12. The third-order valence-electron chi connectivity index (χ3n) is 1.36. The number of aliphatic hydroxyl groups excluding tert-OH is 1. The molecule has 0 aliphatic heterocycles. The number of aliphatic hydroxyl groups is 1. The lowest BCUT2D eigenvalue weighted by Gasteiger charge is -2.22. The molecular weight excluding hydrogens is 182 g/mol. The molecule has 74 valence electrons. The SMILES string of the molecule is CC(C)(CO)NCCS(=O)(=O)O. The molecule has 0 rings (SSSR count). The summed E-state index contributed by atoms with van der Waals surface area (Å²) >= 11 is 0. The van der Waals surface area contributed by atoms with E-state index in [1.54, 1.807) is 13.8 Å². The Morgan fingerprint density at radius 2 is 1.92 bits per heavy atom. The van der Waals surface area contributed by atoms with E-state index in [-0.39, 0.29) is 18.9 Å². The molecule has 0 heterocycles. The molecule has 0 aromatic rings. The van der Waals surface area contributed by atoms with E-state index in [1.165, 1.54) is 0 Å². The van der Waals surface area contributed by atoms with Crippen molar-refractivity contribution in [1.82, 2.24) is 5.32 Å². The predicted molar refractivity (Wildman–Crippen MR) is 45.6 cm³/mol. The van der Waals surface area contributed by atoms with Gasteiger partial charge in [-0.1, -0.05) is 0 Å². The summed E-state index contributed by atoms with van der Waals surface area (Å²) in [5.74, 6) is -0.337. The van der Waals surface area contributed by atoms with E-state index in [9.17, 15) is 8.42 Å². The van der Waals surface area contributed by atoms with Crippen molar-refractivity contribution >= 4 is 10.1 Å². The maximum Gasteiger partial charge on any atom is 0.266 e. The number of nitrogens with one attached hydrogen (secondary N) is 1. The van der Waals surface area contributed by atoms with Crippen LogP contribution in [0.4, 0.5) is 0 Å². The van der Waals surface area contributed by atoms with Crippen LogP contribution in [0.2, 0.25) is 0 Å². The summed E-state index contributed by atoms with van der Waals surface area (Å²) in [4.78, 5) is 0. The van der Waals surface area contributed by atoms with Crippen molar-refractivity contribution in [2.75, 3.05) is 18.9 Å². The Balaban J connectivity index is 3.72. The second-order valence-electron chi connectivity index (χ2n) is 3.25. The van der Waals surface area contributed by atoms with Gasteiger partial charge in [0.25, 0.3) is 10.1 Å². The average molecular weight is 197 g/mol. The van der Waals surface area contributed by atoms with E-state index in [0.717, 1.165) is 0 Å². The van der Waals surface area contributed by atoms with Gasteiger partial charge in [0.05, 0.1) is 12.4 Å². The molecule has 0 bridgehead atoms. The molecule has 0 aliphatic carbocycles. The average Bonchev–Trinajstić information content (AvgIpc) is 1.84. The quantitative estimate of drug-likeness (QED) is 0.504. The second kappa shape index (κ2) is 4.18. The van der Waals surface area contributed by atoms with Gasteiger partial charge < -0.3 is 10.4 Å². The zero-order chi connectivity index (χ0) is 9.83. The van der Waals surface area contributed by atoms with Gasteiger partial charge in [0.2, 0.25) is 0 Å². The Hall–Kier alpha value is -0.170. The molecule has 0 aliphatic rings. The molecule has 0 spiro atoms. The first-order valence-corrected chi connectivity index (χ1v) is 5.19. The highest BCUT2D eigenvalue weighted by molar-refractivity contribution is 7.85. The van der Waals surface area contributed by atoms with Crippen molar-refractivity contribution < 1.29 is 18.1 Å². The van der Waals surface area contributed by atoms with E-state index < -0.39 is 15.7 Å². The number of rotatable bonds is 5. The van der Waals surface area contributed by atoms with Crippen molar-refractivity contribution in [3.8, 4) is 0 Å². The van der Waals surface area contributed by atoms with Gasteiger partial charge in [-0.3, -0.25) is 4.55 Å². The zero-order valence-corrected chi connectivity index (χ0v) is 8.06.